The van der Waals surface area contributed by atoms with Crippen LogP contribution in [0.25, 0.3) is 0 Å². The van der Waals surface area contributed by atoms with E-state index in [0.29, 0.717) is 23.1 Å². The van der Waals surface area contributed by atoms with Gasteiger partial charge in [-0.3, -0.25) is 4.79 Å². The van der Waals surface area contributed by atoms with Gasteiger partial charge in [0.1, 0.15) is 5.75 Å². The Morgan fingerprint density at radius 1 is 1.21 bits per heavy atom. The van der Waals surface area contributed by atoms with Crippen molar-refractivity contribution in [2.75, 3.05) is 6.61 Å². The van der Waals surface area contributed by atoms with Gasteiger partial charge in [-0.05, 0) is 60.7 Å². The predicted octanol–water partition coefficient (Wildman–Crippen LogP) is 4.79. The van der Waals surface area contributed by atoms with Gasteiger partial charge in [0.2, 0.25) is 0 Å². The van der Waals surface area contributed by atoms with Crippen LogP contribution in [-0.4, -0.2) is 12.5 Å². The standard InChI is InChI=1S/C20H22ClNO2/c1-14(2)13-24-18-8-6-15(7-9-18)19(23)22-20(10-11-20)16-4-3-5-17(21)12-16/h3-9,12,14H,10-11,13H2,1-2H3,(H,22,23). The number of amides is 1. The monoisotopic (exact) mass is 343 g/mol. The molecule has 2 aromatic rings. The van der Waals surface area contributed by atoms with Crippen molar-refractivity contribution in [3.8, 4) is 5.75 Å². The fourth-order valence-corrected chi connectivity index (χ4v) is 2.84. The lowest BCUT2D eigenvalue weighted by atomic mass is 10.0. The molecule has 3 nitrogen and oxygen atoms in total. The molecule has 0 unspecified atom stereocenters. The molecule has 1 saturated carbocycles. The summed E-state index contributed by atoms with van der Waals surface area (Å²) >= 11 is 6.07. The second kappa shape index (κ2) is 6.86. The zero-order valence-electron chi connectivity index (χ0n) is 14.0. The van der Waals surface area contributed by atoms with Gasteiger partial charge in [-0.25, -0.2) is 0 Å². The van der Waals surface area contributed by atoms with Crippen LogP contribution in [0.4, 0.5) is 0 Å². The molecule has 0 bridgehead atoms. The fourth-order valence-electron chi connectivity index (χ4n) is 2.65. The van der Waals surface area contributed by atoms with Crippen LogP contribution < -0.4 is 10.1 Å². The van der Waals surface area contributed by atoms with Gasteiger partial charge in [0.05, 0.1) is 12.1 Å². The lowest BCUT2D eigenvalue weighted by Gasteiger charge is -2.18. The lowest BCUT2D eigenvalue weighted by Crippen LogP contribution is -2.34. The van der Waals surface area contributed by atoms with Crippen molar-refractivity contribution >= 4 is 17.5 Å². The molecule has 3 rings (SSSR count). The Morgan fingerprint density at radius 2 is 1.92 bits per heavy atom. The van der Waals surface area contributed by atoms with E-state index in [0.717, 1.165) is 24.2 Å². The summed E-state index contributed by atoms with van der Waals surface area (Å²) in [4.78, 5) is 12.6. The molecular formula is C20H22ClNO2. The first-order chi connectivity index (χ1) is 11.5. The topological polar surface area (TPSA) is 38.3 Å². The van der Waals surface area contributed by atoms with E-state index in [-0.39, 0.29) is 11.4 Å². The van der Waals surface area contributed by atoms with Crippen molar-refractivity contribution in [3.63, 3.8) is 0 Å². The SMILES string of the molecule is CC(C)COc1ccc(C(=O)NC2(c3cccc(Cl)c3)CC2)cc1. The minimum Gasteiger partial charge on any atom is -0.493 e. The number of benzene rings is 2. The van der Waals surface area contributed by atoms with Gasteiger partial charge >= 0.3 is 0 Å². The van der Waals surface area contributed by atoms with E-state index >= 15 is 0 Å². The Kier molecular flexibility index (Phi) is 4.81. The van der Waals surface area contributed by atoms with Gasteiger partial charge < -0.3 is 10.1 Å². The normalized spacial score (nSPS) is 15.2. The molecule has 2 aromatic carbocycles. The molecule has 1 aliphatic carbocycles. The second-order valence-electron chi connectivity index (χ2n) is 6.78. The van der Waals surface area contributed by atoms with E-state index in [2.05, 4.69) is 19.2 Å². The van der Waals surface area contributed by atoms with Crippen LogP contribution in [0.1, 0.15) is 42.6 Å². The Balaban J connectivity index is 1.67. The summed E-state index contributed by atoms with van der Waals surface area (Å²) in [5, 5.41) is 3.85. The summed E-state index contributed by atoms with van der Waals surface area (Å²) in [6.45, 7) is 4.88. The van der Waals surface area contributed by atoms with Gasteiger partial charge in [-0.15, -0.1) is 0 Å². The van der Waals surface area contributed by atoms with Crippen molar-refractivity contribution in [2.24, 2.45) is 5.92 Å². The highest BCUT2D eigenvalue weighted by Crippen LogP contribution is 2.46. The van der Waals surface area contributed by atoms with Crippen molar-refractivity contribution in [3.05, 3.63) is 64.7 Å². The first-order valence-corrected chi connectivity index (χ1v) is 8.68. The number of ether oxygens (including phenoxy) is 1. The minimum absolute atomic E-state index is 0.0668. The van der Waals surface area contributed by atoms with Crippen LogP contribution in [0.3, 0.4) is 0 Å². The summed E-state index contributed by atoms with van der Waals surface area (Å²) in [6.07, 6.45) is 1.88. The number of rotatable bonds is 6. The molecule has 0 radical (unpaired) electrons. The molecular weight excluding hydrogens is 322 g/mol. The zero-order valence-corrected chi connectivity index (χ0v) is 14.8. The molecule has 0 aromatic heterocycles. The number of halogens is 1. The molecule has 4 heteroatoms. The van der Waals surface area contributed by atoms with E-state index < -0.39 is 0 Å². The van der Waals surface area contributed by atoms with Crippen molar-refractivity contribution < 1.29 is 9.53 Å². The first kappa shape index (κ1) is 16.8. The molecule has 1 fully saturated rings. The molecule has 0 spiro atoms. The van der Waals surface area contributed by atoms with E-state index in [4.69, 9.17) is 16.3 Å². The summed E-state index contributed by atoms with van der Waals surface area (Å²) in [5.74, 6) is 1.19. The van der Waals surface area contributed by atoms with Crippen molar-refractivity contribution in [2.45, 2.75) is 32.2 Å². The highest BCUT2D eigenvalue weighted by molar-refractivity contribution is 6.30. The quantitative estimate of drug-likeness (QED) is 0.818. The summed E-state index contributed by atoms with van der Waals surface area (Å²) in [7, 11) is 0. The van der Waals surface area contributed by atoms with Gasteiger partial charge in [-0.1, -0.05) is 37.6 Å². The molecule has 126 valence electrons. The van der Waals surface area contributed by atoms with Crippen LogP contribution in [0.2, 0.25) is 5.02 Å². The van der Waals surface area contributed by atoms with Gasteiger partial charge in [-0.2, -0.15) is 0 Å². The third kappa shape index (κ3) is 3.90. The number of carbonyl (C=O) groups is 1. The Morgan fingerprint density at radius 3 is 2.50 bits per heavy atom. The third-order valence-electron chi connectivity index (χ3n) is 4.18. The number of nitrogens with one attached hydrogen (secondary N) is 1. The van der Waals surface area contributed by atoms with Crippen LogP contribution in [-0.2, 0) is 5.54 Å². The summed E-state index contributed by atoms with van der Waals surface area (Å²) in [6, 6.07) is 15.0. The van der Waals surface area contributed by atoms with Gasteiger partial charge in [0.15, 0.2) is 0 Å². The molecule has 0 atom stereocenters. The Bertz CT molecular complexity index is 721. The number of hydrogen-bond donors (Lipinski definition) is 1. The molecule has 1 amide bonds. The van der Waals surface area contributed by atoms with Gasteiger partial charge in [0.25, 0.3) is 5.91 Å². The zero-order chi connectivity index (χ0) is 17.2. The maximum atomic E-state index is 12.6. The lowest BCUT2D eigenvalue weighted by molar-refractivity contribution is 0.0931. The highest BCUT2D eigenvalue weighted by Gasteiger charge is 2.45. The van der Waals surface area contributed by atoms with Gasteiger partial charge in [0, 0.05) is 10.6 Å². The predicted molar refractivity (Wildman–Crippen MR) is 96.6 cm³/mol. The van der Waals surface area contributed by atoms with Crippen molar-refractivity contribution in [1.82, 2.24) is 5.32 Å². The van der Waals surface area contributed by atoms with Crippen LogP contribution >= 0.6 is 11.6 Å². The van der Waals surface area contributed by atoms with Crippen molar-refractivity contribution in [1.29, 1.82) is 0 Å². The fraction of sp³-hybridized carbons (Fsp3) is 0.350. The largest absolute Gasteiger partial charge is 0.493 e. The maximum Gasteiger partial charge on any atom is 0.251 e. The average Bonchev–Trinajstić information content (AvgIpc) is 3.34. The van der Waals surface area contributed by atoms with E-state index in [1.165, 1.54) is 0 Å². The van der Waals surface area contributed by atoms with Crippen LogP contribution in [0.15, 0.2) is 48.5 Å². The van der Waals surface area contributed by atoms with E-state index in [1.807, 2.05) is 36.4 Å². The van der Waals surface area contributed by atoms with E-state index in [9.17, 15) is 4.79 Å². The average molecular weight is 344 g/mol. The summed E-state index contributed by atoms with van der Waals surface area (Å²) in [5.41, 5.74) is 1.44. The Labute approximate surface area is 148 Å². The molecule has 1 N–H and O–H groups in total. The van der Waals surface area contributed by atoms with Crippen LogP contribution in [0, 0.1) is 5.92 Å². The smallest absolute Gasteiger partial charge is 0.251 e. The highest BCUT2D eigenvalue weighted by atomic mass is 35.5. The molecule has 0 heterocycles. The molecule has 24 heavy (non-hydrogen) atoms. The number of carbonyl (C=O) groups excluding carboxylic acids is 1. The Hall–Kier alpha value is -2.00. The molecule has 1 aliphatic rings. The van der Waals surface area contributed by atoms with E-state index in [1.54, 1.807) is 12.1 Å². The van der Waals surface area contributed by atoms with Crippen LogP contribution in [0.5, 0.6) is 5.75 Å². The molecule has 0 saturated heterocycles. The molecule has 0 aliphatic heterocycles. The third-order valence-corrected chi connectivity index (χ3v) is 4.41. The minimum atomic E-state index is -0.269. The maximum absolute atomic E-state index is 12.6. The number of hydrogen-bond acceptors (Lipinski definition) is 2. The second-order valence-corrected chi connectivity index (χ2v) is 7.21. The summed E-state index contributed by atoms with van der Waals surface area (Å²) < 4.78 is 5.65. The first-order valence-electron chi connectivity index (χ1n) is 8.30.